The summed E-state index contributed by atoms with van der Waals surface area (Å²) in [5, 5.41) is 3.37. The lowest BCUT2D eigenvalue weighted by atomic mass is 10.1. The van der Waals surface area contributed by atoms with E-state index in [-0.39, 0.29) is 12.1 Å². The standard InChI is InChI=1S/C15H24N2O2/c1-17(11-14-10-16-8-9-19-14)15(12-18-2)13-6-4-3-5-7-13/h3-7,14-16H,8-12H2,1-2H3. The Morgan fingerprint density at radius 2 is 2.21 bits per heavy atom. The summed E-state index contributed by atoms with van der Waals surface area (Å²) in [5.41, 5.74) is 1.29. The molecule has 0 amide bonds. The van der Waals surface area contributed by atoms with Crippen LogP contribution >= 0.6 is 0 Å². The first-order chi connectivity index (χ1) is 9.31. The van der Waals surface area contributed by atoms with E-state index in [0.717, 1.165) is 26.2 Å². The fourth-order valence-corrected chi connectivity index (χ4v) is 2.50. The van der Waals surface area contributed by atoms with Crippen molar-refractivity contribution in [3.05, 3.63) is 35.9 Å². The van der Waals surface area contributed by atoms with Gasteiger partial charge in [0.25, 0.3) is 0 Å². The van der Waals surface area contributed by atoms with Gasteiger partial charge in [0.1, 0.15) is 0 Å². The zero-order chi connectivity index (χ0) is 13.5. The highest BCUT2D eigenvalue weighted by Crippen LogP contribution is 2.20. The Morgan fingerprint density at radius 3 is 2.84 bits per heavy atom. The highest BCUT2D eigenvalue weighted by Gasteiger charge is 2.22. The molecule has 2 atom stereocenters. The fraction of sp³-hybridized carbons (Fsp3) is 0.600. The van der Waals surface area contributed by atoms with Crippen LogP contribution in [0.2, 0.25) is 0 Å². The molecule has 0 radical (unpaired) electrons. The summed E-state index contributed by atoms with van der Waals surface area (Å²) < 4.78 is 11.1. The summed E-state index contributed by atoms with van der Waals surface area (Å²) in [6.07, 6.45) is 0.266. The van der Waals surface area contributed by atoms with Gasteiger partial charge in [-0.2, -0.15) is 0 Å². The van der Waals surface area contributed by atoms with Crippen LogP contribution in [0.4, 0.5) is 0 Å². The van der Waals surface area contributed by atoms with Crippen molar-refractivity contribution in [2.75, 3.05) is 47.0 Å². The Balaban J connectivity index is 1.97. The minimum absolute atomic E-state index is 0.266. The molecule has 1 aromatic carbocycles. The van der Waals surface area contributed by atoms with Crippen molar-refractivity contribution < 1.29 is 9.47 Å². The Kier molecular flexibility index (Phi) is 5.79. The lowest BCUT2D eigenvalue weighted by molar-refractivity contribution is -0.00538. The van der Waals surface area contributed by atoms with Gasteiger partial charge < -0.3 is 14.8 Å². The summed E-state index contributed by atoms with van der Waals surface area (Å²) in [6.45, 7) is 4.30. The molecular weight excluding hydrogens is 240 g/mol. The minimum atomic E-state index is 0.266. The highest BCUT2D eigenvalue weighted by molar-refractivity contribution is 5.19. The predicted molar refractivity (Wildman–Crippen MR) is 76.3 cm³/mol. The number of hydrogen-bond donors (Lipinski definition) is 1. The van der Waals surface area contributed by atoms with Gasteiger partial charge in [-0.3, -0.25) is 4.90 Å². The molecule has 0 aliphatic carbocycles. The molecule has 0 aromatic heterocycles. The number of methoxy groups -OCH3 is 1. The molecule has 1 N–H and O–H groups in total. The third kappa shape index (κ3) is 4.28. The lowest BCUT2D eigenvalue weighted by Gasteiger charge is -2.33. The van der Waals surface area contributed by atoms with E-state index in [1.165, 1.54) is 5.56 Å². The predicted octanol–water partition coefficient (Wildman–Crippen LogP) is 1.29. The van der Waals surface area contributed by atoms with Gasteiger partial charge in [0.2, 0.25) is 0 Å². The maximum absolute atomic E-state index is 5.77. The van der Waals surface area contributed by atoms with Crippen LogP contribution < -0.4 is 5.32 Å². The first-order valence-electron chi connectivity index (χ1n) is 6.87. The second-order valence-corrected chi connectivity index (χ2v) is 5.02. The van der Waals surface area contributed by atoms with E-state index >= 15 is 0 Å². The Hall–Kier alpha value is -0.940. The number of nitrogens with zero attached hydrogens (tertiary/aromatic N) is 1. The first-order valence-corrected chi connectivity index (χ1v) is 6.87. The minimum Gasteiger partial charge on any atom is -0.383 e. The van der Waals surface area contributed by atoms with E-state index in [1.54, 1.807) is 7.11 Å². The average molecular weight is 264 g/mol. The van der Waals surface area contributed by atoms with Gasteiger partial charge >= 0.3 is 0 Å². The summed E-state index contributed by atoms with van der Waals surface area (Å²) in [7, 11) is 3.89. The van der Waals surface area contributed by atoms with Gasteiger partial charge in [-0.05, 0) is 12.6 Å². The molecule has 106 valence electrons. The second kappa shape index (κ2) is 7.60. The Labute approximate surface area is 115 Å². The van der Waals surface area contributed by atoms with Crippen molar-refractivity contribution in [2.45, 2.75) is 12.1 Å². The fourth-order valence-electron chi connectivity index (χ4n) is 2.50. The van der Waals surface area contributed by atoms with Crippen LogP contribution in [-0.4, -0.2) is 58.0 Å². The molecule has 19 heavy (non-hydrogen) atoms. The molecule has 0 bridgehead atoms. The van der Waals surface area contributed by atoms with Crippen molar-refractivity contribution in [2.24, 2.45) is 0 Å². The summed E-state index contributed by atoms with van der Waals surface area (Å²) >= 11 is 0. The van der Waals surface area contributed by atoms with E-state index in [4.69, 9.17) is 9.47 Å². The third-order valence-electron chi connectivity index (χ3n) is 3.54. The number of benzene rings is 1. The molecule has 1 saturated heterocycles. The third-order valence-corrected chi connectivity index (χ3v) is 3.54. The Morgan fingerprint density at radius 1 is 1.42 bits per heavy atom. The second-order valence-electron chi connectivity index (χ2n) is 5.02. The monoisotopic (exact) mass is 264 g/mol. The van der Waals surface area contributed by atoms with Gasteiger partial charge in [-0.25, -0.2) is 0 Å². The van der Waals surface area contributed by atoms with Crippen LogP contribution in [0, 0.1) is 0 Å². The maximum Gasteiger partial charge on any atom is 0.0826 e. The van der Waals surface area contributed by atoms with E-state index in [2.05, 4.69) is 41.5 Å². The van der Waals surface area contributed by atoms with E-state index in [9.17, 15) is 0 Å². The lowest BCUT2D eigenvalue weighted by Crippen LogP contribution is -2.45. The van der Waals surface area contributed by atoms with Gasteiger partial charge in [-0.1, -0.05) is 30.3 Å². The maximum atomic E-state index is 5.77. The van der Waals surface area contributed by atoms with Crippen LogP contribution in [0.3, 0.4) is 0 Å². The van der Waals surface area contributed by atoms with Crippen molar-refractivity contribution in [3.63, 3.8) is 0 Å². The van der Waals surface area contributed by atoms with Crippen LogP contribution in [0.5, 0.6) is 0 Å². The average Bonchev–Trinajstić information content (AvgIpc) is 2.46. The number of ether oxygens (including phenoxy) is 2. The molecule has 2 unspecified atom stereocenters. The van der Waals surface area contributed by atoms with E-state index in [0.29, 0.717) is 6.61 Å². The number of nitrogens with one attached hydrogen (secondary N) is 1. The number of likely N-dealkylation sites (N-methyl/N-ethyl adjacent to an activating group) is 1. The smallest absolute Gasteiger partial charge is 0.0826 e. The normalized spacial score (nSPS) is 21.5. The molecule has 2 rings (SSSR count). The van der Waals surface area contributed by atoms with Crippen molar-refractivity contribution in [1.29, 1.82) is 0 Å². The quantitative estimate of drug-likeness (QED) is 0.839. The molecule has 1 fully saturated rings. The number of morpholine rings is 1. The zero-order valence-electron chi connectivity index (χ0n) is 11.8. The summed E-state index contributed by atoms with van der Waals surface area (Å²) in [5.74, 6) is 0. The highest BCUT2D eigenvalue weighted by atomic mass is 16.5. The van der Waals surface area contributed by atoms with Crippen molar-refractivity contribution >= 4 is 0 Å². The summed E-state index contributed by atoms with van der Waals surface area (Å²) in [4.78, 5) is 2.32. The SMILES string of the molecule is COCC(c1ccccc1)N(C)CC1CNCCO1. The Bertz CT molecular complexity index is 352. The van der Waals surface area contributed by atoms with Crippen LogP contribution in [0.1, 0.15) is 11.6 Å². The van der Waals surface area contributed by atoms with Gasteiger partial charge in [-0.15, -0.1) is 0 Å². The first kappa shape index (κ1) is 14.5. The van der Waals surface area contributed by atoms with Crippen LogP contribution in [0.15, 0.2) is 30.3 Å². The summed E-state index contributed by atoms with van der Waals surface area (Å²) in [6, 6.07) is 10.8. The van der Waals surface area contributed by atoms with Crippen LogP contribution in [0.25, 0.3) is 0 Å². The van der Waals surface area contributed by atoms with Crippen molar-refractivity contribution in [1.82, 2.24) is 10.2 Å². The topological polar surface area (TPSA) is 33.7 Å². The number of hydrogen-bond acceptors (Lipinski definition) is 4. The van der Waals surface area contributed by atoms with Gasteiger partial charge in [0.05, 0.1) is 25.4 Å². The van der Waals surface area contributed by atoms with Gasteiger partial charge in [0.15, 0.2) is 0 Å². The van der Waals surface area contributed by atoms with Crippen LogP contribution in [-0.2, 0) is 9.47 Å². The molecule has 1 aliphatic heterocycles. The molecule has 0 saturated carbocycles. The van der Waals surface area contributed by atoms with Crippen molar-refractivity contribution in [3.8, 4) is 0 Å². The zero-order valence-corrected chi connectivity index (χ0v) is 11.8. The molecule has 0 spiro atoms. The molecule has 4 nitrogen and oxygen atoms in total. The van der Waals surface area contributed by atoms with E-state index < -0.39 is 0 Å². The molecular formula is C15H24N2O2. The molecule has 1 heterocycles. The molecule has 4 heteroatoms. The van der Waals surface area contributed by atoms with Gasteiger partial charge in [0, 0.05) is 26.7 Å². The largest absolute Gasteiger partial charge is 0.383 e. The van der Waals surface area contributed by atoms with E-state index in [1.807, 2.05) is 6.07 Å². The molecule has 1 aliphatic rings. The molecule has 1 aromatic rings. The number of rotatable bonds is 6.